The average molecular weight is 283 g/mol. The lowest BCUT2D eigenvalue weighted by atomic mass is 10.0. The Morgan fingerprint density at radius 3 is 2.19 bits per heavy atom. The zero-order chi connectivity index (χ0) is 15.2. The van der Waals surface area contributed by atoms with E-state index in [0.717, 1.165) is 11.1 Å². The molecule has 0 amide bonds. The van der Waals surface area contributed by atoms with Gasteiger partial charge in [-0.25, -0.2) is 4.79 Å². The van der Waals surface area contributed by atoms with Crippen LogP contribution in [0.1, 0.15) is 41.1 Å². The van der Waals surface area contributed by atoms with Crippen LogP contribution in [0.4, 0.5) is 0 Å². The summed E-state index contributed by atoms with van der Waals surface area (Å²) >= 11 is 0. The number of benzene rings is 1. The number of nitrogens with zero attached hydrogens (tertiary/aromatic N) is 1. The quantitative estimate of drug-likeness (QED) is 0.622. The summed E-state index contributed by atoms with van der Waals surface area (Å²) in [6.07, 6.45) is 2.11. The lowest BCUT2D eigenvalue weighted by molar-refractivity contribution is 0.0526. The van der Waals surface area contributed by atoms with Gasteiger partial charge in [0.15, 0.2) is 5.78 Å². The van der Waals surface area contributed by atoms with Crippen molar-refractivity contribution in [1.29, 1.82) is 0 Å². The monoisotopic (exact) mass is 283 g/mol. The van der Waals surface area contributed by atoms with Crippen molar-refractivity contribution in [2.24, 2.45) is 0 Å². The number of aromatic nitrogens is 1. The molecule has 1 aromatic heterocycles. The van der Waals surface area contributed by atoms with Crippen LogP contribution in [0.5, 0.6) is 0 Å². The molecule has 0 aliphatic carbocycles. The fraction of sp³-hybridized carbons (Fsp3) is 0.235. The van der Waals surface area contributed by atoms with Crippen molar-refractivity contribution >= 4 is 11.8 Å². The maximum atomic E-state index is 11.6. The molecular formula is C17H17NO3. The maximum Gasteiger partial charge on any atom is 0.338 e. The van der Waals surface area contributed by atoms with Gasteiger partial charge >= 0.3 is 5.97 Å². The zero-order valence-electron chi connectivity index (χ0n) is 12.1. The molecule has 108 valence electrons. The van der Waals surface area contributed by atoms with Gasteiger partial charge < -0.3 is 4.74 Å². The molecule has 0 aliphatic heterocycles. The molecule has 2 aromatic rings. The van der Waals surface area contributed by atoms with Crippen LogP contribution < -0.4 is 0 Å². The molecule has 1 aromatic carbocycles. The lowest BCUT2D eigenvalue weighted by Gasteiger charge is -2.05. The van der Waals surface area contributed by atoms with Crippen molar-refractivity contribution in [3.63, 3.8) is 0 Å². The van der Waals surface area contributed by atoms with E-state index in [-0.39, 0.29) is 11.8 Å². The summed E-state index contributed by atoms with van der Waals surface area (Å²) in [7, 11) is 0. The van der Waals surface area contributed by atoms with Crippen LogP contribution >= 0.6 is 0 Å². The molecule has 4 heteroatoms. The van der Waals surface area contributed by atoms with E-state index in [9.17, 15) is 9.59 Å². The second-order valence-electron chi connectivity index (χ2n) is 4.51. The molecule has 0 spiro atoms. The highest BCUT2D eigenvalue weighted by Gasteiger charge is 2.08. The van der Waals surface area contributed by atoms with Gasteiger partial charge in [-0.1, -0.05) is 25.1 Å². The first-order valence-electron chi connectivity index (χ1n) is 6.92. The molecular weight excluding hydrogens is 266 g/mol. The first-order valence-corrected chi connectivity index (χ1v) is 6.92. The Morgan fingerprint density at radius 2 is 1.67 bits per heavy atom. The number of ketones is 1. The molecule has 0 N–H and O–H groups in total. The van der Waals surface area contributed by atoms with E-state index in [0.29, 0.717) is 24.3 Å². The fourth-order valence-electron chi connectivity index (χ4n) is 1.92. The van der Waals surface area contributed by atoms with Gasteiger partial charge in [-0.05, 0) is 30.7 Å². The van der Waals surface area contributed by atoms with Crippen LogP contribution in [-0.2, 0) is 4.74 Å². The summed E-state index contributed by atoms with van der Waals surface area (Å²) in [5.41, 5.74) is 2.83. The third-order valence-electron chi connectivity index (χ3n) is 3.10. The Labute approximate surface area is 123 Å². The van der Waals surface area contributed by atoms with E-state index < -0.39 is 0 Å². The summed E-state index contributed by atoms with van der Waals surface area (Å²) in [5, 5.41) is 0. The number of carbonyl (C=O) groups excluding carboxylic acids is 2. The van der Waals surface area contributed by atoms with Crippen molar-refractivity contribution in [2.75, 3.05) is 6.61 Å². The number of pyridine rings is 1. The third-order valence-corrected chi connectivity index (χ3v) is 3.10. The summed E-state index contributed by atoms with van der Waals surface area (Å²) in [4.78, 5) is 27.3. The first-order chi connectivity index (χ1) is 10.2. The predicted molar refractivity (Wildman–Crippen MR) is 80.3 cm³/mol. The van der Waals surface area contributed by atoms with Gasteiger partial charge in [0.1, 0.15) is 5.69 Å². The summed E-state index contributed by atoms with van der Waals surface area (Å²) in [6, 6.07) is 10.7. The van der Waals surface area contributed by atoms with Crippen molar-refractivity contribution in [3.05, 3.63) is 53.9 Å². The number of ether oxygens (including phenoxy) is 1. The minimum atomic E-state index is -0.328. The standard InChI is InChI=1S/C17H17NO3/c1-3-16(19)15-10-9-14(11-18-15)12-5-7-13(8-6-12)17(20)21-4-2/h5-11H,3-4H2,1-2H3. The van der Waals surface area contributed by atoms with Gasteiger partial charge in [-0.2, -0.15) is 0 Å². The van der Waals surface area contributed by atoms with E-state index in [4.69, 9.17) is 4.74 Å². The molecule has 1 heterocycles. The van der Waals surface area contributed by atoms with Gasteiger partial charge in [-0.3, -0.25) is 9.78 Å². The van der Waals surface area contributed by atoms with Gasteiger partial charge in [0, 0.05) is 18.2 Å². The summed E-state index contributed by atoms with van der Waals surface area (Å²) in [6.45, 7) is 3.94. The largest absolute Gasteiger partial charge is 0.462 e. The maximum absolute atomic E-state index is 11.6. The molecule has 0 radical (unpaired) electrons. The molecule has 2 rings (SSSR count). The number of Topliss-reactive ketones (excluding diaryl/α,β-unsaturated/α-hetero) is 1. The molecule has 0 bridgehead atoms. The van der Waals surface area contributed by atoms with Gasteiger partial charge in [0.25, 0.3) is 0 Å². The topological polar surface area (TPSA) is 56.3 Å². The Bertz CT molecular complexity index is 630. The second-order valence-corrected chi connectivity index (χ2v) is 4.51. The molecule has 0 saturated carbocycles. The van der Waals surface area contributed by atoms with Crippen LogP contribution in [0.15, 0.2) is 42.6 Å². The molecule has 0 unspecified atom stereocenters. The fourth-order valence-corrected chi connectivity index (χ4v) is 1.92. The minimum absolute atomic E-state index is 0.0270. The van der Waals surface area contributed by atoms with E-state index in [1.54, 1.807) is 31.3 Å². The molecule has 4 nitrogen and oxygen atoms in total. The Hall–Kier alpha value is -2.49. The highest BCUT2D eigenvalue weighted by atomic mass is 16.5. The van der Waals surface area contributed by atoms with E-state index in [1.165, 1.54) is 0 Å². The number of carbonyl (C=O) groups is 2. The number of esters is 1. The summed E-state index contributed by atoms with van der Waals surface area (Å²) < 4.78 is 4.94. The summed E-state index contributed by atoms with van der Waals surface area (Å²) in [5.74, 6) is -0.301. The lowest BCUT2D eigenvalue weighted by Crippen LogP contribution is -2.04. The van der Waals surface area contributed by atoms with Crippen LogP contribution in [0.2, 0.25) is 0 Å². The zero-order valence-corrected chi connectivity index (χ0v) is 12.1. The molecule has 0 atom stereocenters. The van der Waals surface area contributed by atoms with E-state index >= 15 is 0 Å². The minimum Gasteiger partial charge on any atom is -0.462 e. The molecule has 21 heavy (non-hydrogen) atoms. The second kappa shape index (κ2) is 6.79. The normalized spacial score (nSPS) is 10.2. The SMILES string of the molecule is CCOC(=O)c1ccc(-c2ccc(C(=O)CC)nc2)cc1. The molecule has 0 saturated heterocycles. The first kappa shape index (κ1) is 14.9. The molecule has 0 fully saturated rings. The third kappa shape index (κ3) is 3.54. The van der Waals surface area contributed by atoms with Gasteiger partial charge in [-0.15, -0.1) is 0 Å². The Balaban J connectivity index is 2.19. The number of hydrogen-bond donors (Lipinski definition) is 0. The van der Waals surface area contributed by atoms with Crippen molar-refractivity contribution in [1.82, 2.24) is 4.98 Å². The van der Waals surface area contributed by atoms with Crippen molar-refractivity contribution in [2.45, 2.75) is 20.3 Å². The van der Waals surface area contributed by atoms with Crippen LogP contribution in [0, 0.1) is 0 Å². The Morgan fingerprint density at radius 1 is 1.00 bits per heavy atom. The van der Waals surface area contributed by atoms with Gasteiger partial charge in [0.2, 0.25) is 0 Å². The average Bonchev–Trinajstić information content (AvgIpc) is 2.54. The van der Waals surface area contributed by atoms with E-state index in [2.05, 4.69) is 4.98 Å². The highest BCUT2D eigenvalue weighted by Crippen LogP contribution is 2.19. The predicted octanol–water partition coefficient (Wildman–Crippen LogP) is 3.52. The van der Waals surface area contributed by atoms with Gasteiger partial charge in [0.05, 0.1) is 12.2 Å². The Kier molecular flexibility index (Phi) is 4.82. The van der Waals surface area contributed by atoms with E-state index in [1.807, 2.05) is 25.1 Å². The van der Waals surface area contributed by atoms with Crippen LogP contribution in [0.3, 0.4) is 0 Å². The smallest absolute Gasteiger partial charge is 0.338 e. The number of rotatable bonds is 5. The highest BCUT2D eigenvalue weighted by molar-refractivity contribution is 5.94. The number of hydrogen-bond acceptors (Lipinski definition) is 4. The van der Waals surface area contributed by atoms with Crippen molar-refractivity contribution in [3.8, 4) is 11.1 Å². The molecule has 0 aliphatic rings. The van der Waals surface area contributed by atoms with Crippen molar-refractivity contribution < 1.29 is 14.3 Å². The van der Waals surface area contributed by atoms with Crippen LogP contribution in [0.25, 0.3) is 11.1 Å². The van der Waals surface area contributed by atoms with Crippen LogP contribution in [-0.4, -0.2) is 23.3 Å².